The molecule has 0 saturated carbocycles. The summed E-state index contributed by atoms with van der Waals surface area (Å²) in [7, 11) is 1.61. The maximum atomic E-state index is 5.95. The van der Waals surface area contributed by atoms with Gasteiger partial charge >= 0.3 is 0 Å². The number of nitrogens with two attached hydrogens (primary N) is 1. The highest BCUT2D eigenvalue weighted by Gasteiger charge is 2.06. The molecule has 2 N–H and O–H groups in total. The molecule has 112 valence electrons. The van der Waals surface area contributed by atoms with Crippen molar-refractivity contribution in [1.29, 1.82) is 0 Å². The first-order chi connectivity index (χ1) is 10.0. The smallest absolute Gasteiger partial charge is 0.141 e. The van der Waals surface area contributed by atoms with Crippen molar-refractivity contribution in [2.75, 3.05) is 12.8 Å². The topological polar surface area (TPSA) is 44.5 Å². The first-order valence-corrected chi connectivity index (χ1v) is 7.17. The lowest BCUT2D eigenvalue weighted by Crippen LogP contribution is -2.00. The second-order valence-electron chi connectivity index (χ2n) is 5.54. The van der Waals surface area contributed by atoms with Crippen LogP contribution in [0.5, 0.6) is 11.5 Å². The van der Waals surface area contributed by atoms with Crippen LogP contribution in [0.25, 0.3) is 0 Å². The maximum Gasteiger partial charge on any atom is 0.141 e. The SMILES string of the molecule is COc1ccc(COc2cc(C(C)C)ccc2C)cc1N. The molecule has 2 rings (SSSR count). The third-order valence-corrected chi connectivity index (χ3v) is 3.57. The number of hydrogen-bond donors (Lipinski definition) is 1. The summed E-state index contributed by atoms with van der Waals surface area (Å²) in [6.07, 6.45) is 0. The minimum absolute atomic E-state index is 0.490. The highest BCUT2D eigenvalue weighted by atomic mass is 16.5. The van der Waals surface area contributed by atoms with E-state index in [-0.39, 0.29) is 0 Å². The van der Waals surface area contributed by atoms with E-state index in [9.17, 15) is 0 Å². The van der Waals surface area contributed by atoms with Gasteiger partial charge in [0.2, 0.25) is 0 Å². The zero-order valence-corrected chi connectivity index (χ0v) is 13.1. The third kappa shape index (κ3) is 3.69. The predicted octanol–water partition coefficient (Wildman–Crippen LogP) is 4.29. The average Bonchev–Trinajstić information content (AvgIpc) is 2.46. The van der Waals surface area contributed by atoms with Crippen LogP contribution in [-0.4, -0.2) is 7.11 Å². The predicted molar refractivity (Wildman–Crippen MR) is 87.0 cm³/mol. The fourth-order valence-electron chi connectivity index (χ4n) is 2.17. The summed E-state index contributed by atoms with van der Waals surface area (Å²) in [5, 5.41) is 0. The lowest BCUT2D eigenvalue weighted by atomic mass is 10.0. The molecule has 0 amide bonds. The zero-order valence-electron chi connectivity index (χ0n) is 13.1. The van der Waals surface area contributed by atoms with Gasteiger partial charge in [-0.1, -0.05) is 32.0 Å². The fraction of sp³-hybridized carbons (Fsp3) is 0.333. The molecule has 0 aliphatic rings. The van der Waals surface area contributed by atoms with E-state index in [2.05, 4.69) is 39.0 Å². The van der Waals surface area contributed by atoms with E-state index in [0.717, 1.165) is 16.9 Å². The van der Waals surface area contributed by atoms with Crippen LogP contribution in [0.1, 0.15) is 36.5 Å². The van der Waals surface area contributed by atoms with Crippen LogP contribution in [0.2, 0.25) is 0 Å². The van der Waals surface area contributed by atoms with Crippen LogP contribution in [0.4, 0.5) is 5.69 Å². The van der Waals surface area contributed by atoms with Gasteiger partial charge in [0.05, 0.1) is 12.8 Å². The van der Waals surface area contributed by atoms with E-state index in [4.69, 9.17) is 15.2 Å². The van der Waals surface area contributed by atoms with Crippen LogP contribution in [0, 0.1) is 6.92 Å². The van der Waals surface area contributed by atoms with Gasteiger partial charge in [0.15, 0.2) is 0 Å². The number of rotatable bonds is 5. The first-order valence-electron chi connectivity index (χ1n) is 7.17. The molecule has 0 unspecified atom stereocenters. The van der Waals surface area contributed by atoms with E-state index in [0.29, 0.717) is 24.0 Å². The fourth-order valence-corrected chi connectivity index (χ4v) is 2.17. The molecule has 0 fully saturated rings. The Morgan fingerprint density at radius 1 is 1.05 bits per heavy atom. The molecule has 2 aromatic carbocycles. The van der Waals surface area contributed by atoms with E-state index in [1.165, 1.54) is 5.56 Å². The Bertz CT molecular complexity index is 621. The molecule has 0 aliphatic carbocycles. The third-order valence-electron chi connectivity index (χ3n) is 3.57. The van der Waals surface area contributed by atoms with Crippen molar-refractivity contribution in [3.63, 3.8) is 0 Å². The van der Waals surface area contributed by atoms with E-state index in [1.807, 2.05) is 18.2 Å². The van der Waals surface area contributed by atoms with Gasteiger partial charge in [-0.3, -0.25) is 0 Å². The number of methoxy groups -OCH3 is 1. The van der Waals surface area contributed by atoms with E-state index in [1.54, 1.807) is 7.11 Å². The summed E-state index contributed by atoms with van der Waals surface area (Å²) in [6, 6.07) is 12.1. The van der Waals surface area contributed by atoms with Crippen molar-refractivity contribution < 1.29 is 9.47 Å². The maximum absolute atomic E-state index is 5.95. The Balaban J connectivity index is 2.12. The summed E-state index contributed by atoms with van der Waals surface area (Å²) in [6.45, 7) is 6.91. The van der Waals surface area contributed by atoms with Gasteiger partial charge < -0.3 is 15.2 Å². The van der Waals surface area contributed by atoms with Crippen molar-refractivity contribution in [2.45, 2.75) is 33.3 Å². The number of nitrogen functional groups attached to an aromatic ring is 1. The molecule has 0 aliphatic heterocycles. The molecular weight excluding hydrogens is 262 g/mol. The van der Waals surface area contributed by atoms with Gasteiger partial charge in [0.25, 0.3) is 0 Å². The monoisotopic (exact) mass is 285 g/mol. The molecule has 0 bridgehead atoms. The van der Waals surface area contributed by atoms with Crippen molar-refractivity contribution >= 4 is 5.69 Å². The minimum Gasteiger partial charge on any atom is -0.495 e. The van der Waals surface area contributed by atoms with Crippen molar-refractivity contribution in [3.05, 3.63) is 53.1 Å². The van der Waals surface area contributed by atoms with Crippen LogP contribution < -0.4 is 15.2 Å². The standard InChI is InChI=1S/C18H23NO2/c1-12(2)15-7-5-13(3)18(10-15)21-11-14-6-8-17(20-4)16(19)9-14/h5-10,12H,11,19H2,1-4H3. The van der Waals surface area contributed by atoms with Crippen molar-refractivity contribution in [2.24, 2.45) is 0 Å². The Labute approximate surface area is 126 Å². The summed E-state index contributed by atoms with van der Waals surface area (Å²) in [5.74, 6) is 2.11. The molecule has 2 aromatic rings. The highest BCUT2D eigenvalue weighted by Crippen LogP contribution is 2.26. The van der Waals surface area contributed by atoms with Gasteiger partial charge in [-0.05, 0) is 47.7 Å². The Morgan fingerprint density at radius 3 is 2.43 bits per heavy atom. The molecule has 0 saturated heterocycles. The van der Waals surface area contributed by atoms with Gasteiger partial charge in [-0.25, -0.2) is 0 Å². The largest absolute Gasteiger partial charge is 0.495 e. The van der Waals surface area contributed by atoms with E-state index >= 15 is 0 Å². The zero-order chi connectivity index (χ0) is 15.4. The molecule has 21 heavy (non-hydrogen) atoms. The molecule has 3 heteroatoms. The molecule has 0 heterocycles. The van der Waals surface area contributed by atoms with Gasteiger partial charge in [0.1, 0.15) is 18.1 Å². The lowest BCUT2D eigenvalue weighted by Gasteiger charge is -2.13. The highest BCUT2D eigenvalue weighted by molar-refractivity contribution is 5.54. The second-order valence-corrected chi connectivity index (χ2v) is 5.54. The Morgan fingerprint density at radius 2 is 1.81 bits per heavy atom. The van der Waals surface area contributed by atoms with Crippen LogP contribution in [0.3, 0.4) is 0 Å². The van der Waals surface area contributed by atoms with Crippen LogP contribution in [-0.2, 0) is 6.61 Å². The Hall–Kier alpha value is -2.16. The molecule has 3 nitrogen and oxygen atoms in total. The van der Waals surface area contributed by atoms with E-state index < -0.39 is 0 Å². The summed E-state index contributed by atoms with van der Waals surface area (Å²) in [4.78, 5) is 0. The number of ether oxygens (including phenoxy) is 2. The summed E-state index contributed by atoms with van der Waals surface area (Å²) in [5.41, 5.74) is 10.00. The molecule has 0 atom stereocenters. The molecular formula is C18H23NO2. The number of aryl methyl sites for hydroxylation is 1. The summed E-state index contributed by atoms with van der Waals surface area (Å²) >= 11 is 0. The normalized spacial score (nSPS) is 10.7. The van der Waals surface area contributed by atoms with Gasteiger partial charge in [-0.15, -0.1) is 0 Å². The molecule has 0 radical (unpaired) electrons. The second kappa shape index (κ2) is 6.53. The van der Waals surface area contributed by atoms with Gasteiger partial charge in [-0.2, -0.15) is 0 Å². The van der Waals surface area contributed by atoms with Gasteiger partial charge in [0, 0.05) is 0 Å². The molecule has 0 spiro atoms. The number of hydrogen-bond acceptors (Lipinski definition) is 3. The van der Waals surface area contributed by atoms with Crippen molar-refractivity contribution in [1.82, 2.24) is 0 Å². The quantitative estimate of drug-likeness (QED) is 0.833. The lowest BCUT2D eigenvalue weighted by molar-refractivity contribution is 0.303. The average molecular weight is 285 g/mol. The molecule has 0 aromatic heterocycles. The number of anilines is 1. The van der Waals surface area contributed by atoms with Crippen molar-refractivity contribution in [3.8, 4) is 11.5 Å². The van der Waals surface area contributed by atoms with Crippen LogP contribution >= 0.6 is 0 Å². The number of benzene rings is 2. The van der Waals surface area contributed by atoms with Crippen LogP contribution in [0.15, 0.2) is 36.4 Å². The summed E-state index contributed by atoms with van der Waals surface area (Å²) < 4.78 is 11.1. The minimum atomic E-state index is 0.490. The first kappa shape index (κ1) is 15.2. The Kier molecular flexibility index (Phi) is 4.73.